The smallest absolute Gasteiger partial charge is 0.143 e. The molecule has 2 rings (SSSR count). The third kappa shape index (κ3) is 3.22. The van der Waals surface area contributed by atoms with Gasteiger partial charge in [-0.1, -0.05) is 20.8 Å². The molecule has 0 aromatic carbocycles. The maximum atomic E-state index is 5.19. The first-order valence-corrected chi connectivity index (χ1v) is 6.89. The number of nitrogens with zero attached hydrogens (tertiary/aromatic N) is 3. The van der Waals surface area contributed by atoms with E-state index >= 15 is 0 Å². The van der Waals surface area contributed by atoms with Crippen molar-refractivity contribution in [2.24, 2.45) is 0 Å². The van der Waals surface area contributed by atoms with Crippen molar-refractivity contribution in [1.82, 2.24) is 14.5 Å². The van der Waals surface area contributed by atoms with Crippen molar-refractivity contribution >= 4 is 15.9 Å². The Bertz CT molecular complexity index is 572. The van der Waals surface area contributed by atoms with Gasteiger partial charge in [-0.3, -0.25) is 4.98 Å². The van der Waals surface area contributed by atoms with Crippen molar-refractivity contribution in [3.63, 3.8) is 0 Å². The number of aromatic nitrogens is 3. The molecule has 0 N–H and O–H groups in total. The van der Waals surface area contributed by atoms with Crippen molar-refractivity contribution in [3.8, 4) is 11.4 Å². The molecule has 0 radical (unpaired) electrons. The van der Waals surface area contributed by atoms with Gasteiger partial charge < -0.3 is 9.30 Å². The topological polar surface area (TPSA) is 39.9 Å². The number of methoxy groups -OCH3 is 1. The Hall–Kier alpha value is -1.20. The quantitative estimate of drug-likeness (QED) is 0.866. The Morgan fingerprint density at radius 1 is 1.37 bits per heavy atom. The van der Waals surface area contributed by atoms with Crippen LogP contribution in [0.5, 0.6) is 0 Å². The summed E-state index contributed by atoms with van der Waals surface area (Å²) in [5.41, 5.74) is 2.11. The van der Waals surface area contributed by atoms with Crippen LogP contribution in [0.15, 0.2) is 29.1 Å². The van der Waals surface area contributed by atoms with E-state index in [1.807, 2.05) is 23.0 Å². The molecule has 4 nitrogen and oxygen atoms in total. The van der Waals surface area contributed by atoms with E-state index in [0.717, 1.165) is 21.7 Å². The average molecular weight is 324 g/mol. The summed E-state index contributed by atoms with van der Waals surface area (Å²) in [6.45, 7) is 6.92. The standard InChI is InChI=1S/C14H18BrN3O/c1-14(2,3)11-7-10(5-6-16-11)13-17-12(15)8-18(13)9-19-4/h5-8H,9H2,1-4H3. The number of rotatable bonds is 3. The molecule has 0 saturated heterocycles. The summed E-state index contributed by atoms with van der Waals surface area (Å²) in [6, 6.07) is 4.05. The first-order chi connectivity index (χ1) is 8.91. The van der Waals surface area contributed by atoms with Crippen molar-refractivity contribution in [1.29, 1.82) is 0 Å². The van der Waals surface area contributed by atoms with Gasteiger partial charge >= 0.3 is 0 Å². The van der Waals surface area contributed by atoms with E-state index in [-0.39, 0.29) is 5.41 Å². The van der Waals surface area contributed by atoms with E-state index in [4.69, 9.17) is 4.74 Å². The molecule has 0 aliphatic carbocycles. The lowest BCUT2D eigenvalue weighted by molar-refractivity contribution is 0.132. The van der Waals surface area contributed by atoms with Crippen LogP contribution in [0, 0.1) is 0 Å². The van der Waals surface area contributed by atoms with Gasteiger partial charge in [0.1, 0.15) is 17.2 Å². The van der Waals surface area contributed by atoms with Crippen LogP contribution >= 0.6 is 15.9 Å². The molecule has 0 atom stereocenters. The van der Waals surface area contributed by atoms with Crippen LogP contribution in [0.4, 0.5) is 0 Å². The zero-order chi connectivity index (χ0) is 14.0. The lowest BCUT2D eigenvalue weighted by Gasteiger charge is -2.18. The summed E-state index contributed by atoms with van der Waals surface area (Å²) in [7, 11) is 1.67. The Labute approximate surface area is 122 Å². The molecule has 0 unspecified atom stereocenters. The molecular formula is C14H18BrN3O. The third-order valence-electron chi connectivity index (χ3n) is 2.80. The van der Waals surface area contributed by atoms with Gasteiger partial charge in [0.25, 0.3) is 0 Å². The molecule has 2 aromatic heterocycles. The number of hydrogen-bond acceptors (Lipinski definition) is 3. The van der Waals surface area contributed by atoms with Crippen LogP contribution in [0.25, 0.3) is 11.4 Å². The lowest BCUT2D eigenvalue weighted by atomic mass is 9.91. The van der Waals surface area contributed by atoms with Crippen molar-refractivity contribution in [3.05, 3.63) is 34.8 Å². The summed E-state index contributed by atoms with van der Waals surface area (Å²) in [5.74, 6) is 0.877. The number of halogens is 1. The second kappa shape index (κ2) is 5.43. The van der Waals surface area contributed by atoms with Gasteiger partial charge in [0.2, 0.25) is 0 Å². The van der Waals surface area contributed by atoms with Gasteiger partial charge in [-0.15, -0.1) is 0 Å². The molecule has 2 heterocycles. The van der Waals surface area contributed by atoms with Gasteiger partial charge in [-0.25, -0.2) is 4.98 Å². The highest BCUT2D eigenvalue weighted by molar-refractivity contribution is 9.10. The Morgan fingerprint density at radius 3 is 2.74 bits per heavy atom. The molecule has 2 aromatic rings. The van der Waals surface area contributed by atoms with Crippen molar-refractivity contribution < 1.29 is 4.74 Å². The predicted octanol–water partition coefficient (Wildman–Crippen LogP) is 3.61. The zero-order valence-corrected chi connectivity index (χ0v) is 13.2. The Kier molecular flexibility index (Phi) is 4.06. The third-order valence-corrected chi connectivity index (χ3v) is 3.18. The molecule has 0 aliphatic rings. The van der Waals surface area contributed by atoms with Gasteiger partial charge in [0, 0.05) is 36.2 Å². The highest BCUT2D eigenvalue weighted by Crippen LogP contribution is 2.26. The van der Waals surface area contributed by atoms with Crippen LogP contribution in [-0.4, -0.2) is 21.6 Å². The fourth-order valence-electron chi connectivity index (χ4n) is 1.83. The van der Waals surface area contributed by atoms with Crippen LogP contribution in [0.2, 0.25) is 0 Å². The minimum absolute atomic E-state index is 0.0198. The SMILES string of the molecule is COCn1cc(Br)nc1-c1ccnc(C(C)(C)C)c1. The molecule has 19 heavy (non-hydrogen) atoms. The van der Waals surface area contributed by atoms with Gasteiger partial charge in [-0.05, 0) is 28.1 Å². The molecular weight excluding hydrogens is 306 g/mol. The van der Waals surface area contributed by atoms with Crippen LogP contribution in [0.3, 0.4) is 0 Å². The molecule has 0 bridgehead atoms. The van der Waals surface area contributed by atoms with Gasteiger partial charge in [-0.2, -0.15) is 0 Å². The van der Waals surface area contributed by atoms with Crippen LogP contribution in [-0.2, 0) is 16.9 Å². The first-order valence-electron chi connectivity index (χ1n) is 6.10. The molecule has 5 heteroatoms. The largest absolute Gasteiger partial charge is 0.364 e. The normalized spacial score (nSPS) is 11.8. The Balaban J connectivity index is 2.47. The number of imidazole rings is 1. The highest BCUT2D eigenvalue weighted by Gasteiger charge is 2.17. The van der Waals surface area contributed by atoms with Gasteiger partial charge in [0.15, 0.2) is 0 Å². The van der Waals surface area contributed by atoms with Crippen molar-refractivity contribution in [2.75, 3.05) is 7.11 Å². The summed E-state index contributed by atoms with van der Waals surface area (Å²) in [4.78, 5) is 8.93. The van der Waals surface area contributed by atoms with E-state index in [0.29, 0.717) is 6.73 Å². The van der Waals surface area contributed by atoms with E-state index in [1.165, 1.54) is 0 Å². The van der Waals surface area contributed by atoms with Crippen molar-refractivity contribution in [2.45, 2.75) is 32.9 Å². The predicted molar refractivity (Wildman–Crippen MR) is 78.9 cm³/mol. The molecule has 0 amide bonds. The second-order valence-electron chi connectivity index (χ2n) is 5.45. The van der Waals surface area contributed by atoms with Crippen LogP contribution < -0.4 is 0 Å². The number of hydrogen-bond donors (Lipinski definition) is 0. The average Bonchev–Trinajstić information content (AvgIpc) is 2.70. The maximum Gasteiger partial charge on any atom is 0.143 e. The minimum atomic E-state index is 0.0198. The van der Waals surface area contributed by atoms with E-state index < -0.39 is 0 Å². The van der Waals surface area contributed by atoms with Crippen LogP contribution in [0.1, 0.15) is 26.5 Å². The first kappa shape index (κ1) is 14.2. The second-order valence-corrected chi connectivity index (χ2v) is 6.27. The fourth-order valence-corrected chi connectivity index (χ4v) is 2.25. The summed E-state index contributed by atoms with van der Waals surface area (Å²) in [6.07, 6.45) is 3.74. The van der Waals surface area contributed by atoms with E-state index in [2.05, 4.69) is 52.7 Å². The minimum Gasteiger partial charge on any atom is -0.364 e. The fraction of sp³-hybridized carbons (Fsp3) is 0.429. The molecule has 0 saturated carbocycles. The molecule has 102 valence electrons. The summed E-state index contributed by atoms with van der Waals surface area (Å²) in [5, 5.41) is 0. The lowest BCUT2D eigenvalue weighted by Crippen LogP contribution is -2.13. The van der Waals surface area contributed by atoms with Gasteiger partial charge in [0.05, 0.1) is 0 Å². The van der Waals surface area contributed by atoms with E-state index in [9.17, 15) is 0 Å². The molecule has 0 aliphatic heterocycles. The molecule has 0 spiro atoms. The monoisotopic (exact) mass is 323 g/mol. The highest BCUT2D eigenvalue weighted by atomic mass is 79.9. The summed E-state index contributed by atoms with van der Waals surface area (Å²) >= 11 is 3.41. The summed E-state index contributed by atoms with van der Waals surface area (Å²) < 4.78 is 7.95. The number of ether oxygens (including phenoxy) is 1. The Morgan fingerprint density at radius 2 is 2.11 bits per heavy atom. The molecule has 0 fully saturated rings. The van der Waals surface area contributed by atoms with E-state index in [1.54, 1.807) is 7.11 Å². The maximum absolute atomic E-state index is 5.19. The number of pyridine rings is 1. The zero-order valence-electron chi connectivity index (χ0n) is 11.6.